The number of nitrogens with one attached hydrogen (secondary N) is 1. The molecule has 1 aromatic heterocycles. The highest BCUT2D eigenvalue weighted by Gasteiger charge is 2.14. The first-order chi connectivity index (χ1) is 12.7. The Hall–Kier alpha value is -3.39. The van der Waals surface area contributed by atoms with Crippen LogP contribution in [0.15, 0.2) is 66.9 Å². The zero-order valence-electron chi connectivity index (χ0n) is 14.6. The third kappa shape index (κ3) is 4.17. The van der Waals surface area contributed by atoms with Crippen LogP contribution in [0.2, 0.25) is 0 Å². The molecule has 0 fully saturated rings. The highest BCUT2D eigenvalue weighted by molar-refractivity contribution is 5.76. The average molecular weight is 344 g/mol. The van der Waals surface area contributed by atoms with E-state index in [1.54, 1.807) is 6.92 Å². The van der Waals surface area contributed by atoms with E-state index < -0.39 is 0 Å². The number of hydrogen-bond acceptors (Lipinski definition) is 3. The van der Waals surface area contributed by atoms with Gasteiger partial charge in [-0.1, -0.05) is 48.5 Å². The summed E-state index contributed by atoms with van der Waals surface area (Å²) in [7, 11) is 0. The Balaban J connectivity index is 1.87. The van der Waals surface area contributed by atoms with Crippen LogP contribution in [0.3, 0.4) is 0 Å². The van der Waals surface area contributed by atoms with Gasteiger partial charge in [0.2, 0.25) is 5.91 Å². The zero-order valence-corrected chi connectivity index (χ0v) is 14.6. The molecule has 130 valence electrons. The first kappa shape index (κ1) is 17.4. The molecule has 3 rings (SSSR count). The predicted molar refractivity (Wildman–Crippen MR) is 100 cm³/mol. The van der Waals surface area contributed by atoms with Crippen LogP contribution in [0.5, 0.6) is 0 Å². The third-order valence-corrected chi connectivity index (χ3v) is 4.05. The lowest BCUT2D eigenvalue weighted by Gasteiger charge is -2.06. The normalized spacial score (nSPS) is 11.5. The summed E-state index contributed by atoms with van der Waals surface area (Å²) in [6.45, 7) is 2.11. The van der Waals surface area contributed by atoms with E-state index in [0.29, 0.717) is 6.54 Å². The van der Waals surface area contributed by atoms with E-state index in [0.717, 1.165) is 22.5 Å². The molecule has 0 spiro atoms. The Morgan fingerprint density at radius 2 is 1.81 bits per heavy atom. The SMILES string of the molecule is CC(C#N)CC(=O)NCc1cn(-c2ccccc2)nc1-c1ccccc1. The standard InChI is InChI=1S/C21H20N4O/c1-16(13-22)12-20(26)23-14-18-15-25(19-10-6-3-7-11-19)24-21(18)17-8-4-2-5-9-17/h2-11,15-16H,12,14H2,1H3,(H,23,26). The molecule has 1 atom stereocenters. The van der Waals surface area contributed by atoms with Crippen LogP contribution in [0, 0.1) is 17.2 Å². The van der Waals surface area contributed by atoms with Crippen LogP contribution < -0.4 is 5.32 Å². The average Bonchev–Trinajstić information content (AvgIpc) is 3.12. The van der Waals surface area contributed by atoms with E-state index in [4.69, 9.17) is 10.4 Å². The minimum absolute atomic E-state index is 0.134. The number of rotatable bonds is 6. The molecule has 0 saturated heterocycles. The molecule has 0 aliphatic rings. The van der Waals surface area contributed by atoms with Crippen molar-refractivity contribution in [3.63, 3.8) is 0 Å². The summed E-state index contributed by atoms with van der Waals surface area (Å²) in [5.74, 6) is -0.429. The van der Waals surface area contributed by atoms with E-state index in [1.165, 1.54) is 0 Å². The maximum absolute atomic E-state index is 12.0. The van der Waals surface area contributed by atoms with Crippen molar-refractivity contribution in [2.24, 2.45) is 5.92 Å². The zero-order chi connectivity index (χ0) is 18.4. The van der Waals surface area contributed by atoms with Gasteiger partial charge in [0.15, 0.2) is 0 Å². The largest absolute Gasteiger partial charge is 0.352 e. The van der Waals surface area contributed by atoms with Gasteiger partial charge in [-0.25, -0.2) is 4.68 Å². The topological polar surface area (TPSA) is 70.7 Å². The molecule has 1 amide bonds. The van der Waals surface area contributed by atoms with Gasteiger partial charge < -0.3 is 5.32 Å². The summed E-state index contributed by atoms with van der Waals surface area (Å²) in [6, 6.07) is 21.8. The second-order valence-electron chi connectivity index (χ2n) is 6.16. The molecule has 1 N–H and O–H groups in total. The lowest BCUT2D eigenvalue weighted by Crippen LogP contribution is -2.24. The van der Waals surface area contributed by atoms with E-state index in [9.17, 15) is 4.79 Å². The Bertz CT molecular complexity index is 910. The monoisotopic (exact) mass is 344 g/mol. The summed E-state index contributed by atoms with van der Waals surface area (Å²) in [4.78, 5) is 12.0. The van der Waals surface area contributed by atoms with Crippen LogP contribution in [-0.2, 0) is 11.3 Å². The fraction of sp³-hybridized carbons (Fsp3) is 0.190. The van der Waals surface area contributed by atoms with Crippen molar-refractivity contribution in [1.29, 1.82) is 5.26 Å². The number of aromatic nitrogens is 2. The molecule has 1 heterocycles. The second kappa shape index (κ2) is 8.13. The number of hydrogen-bond donors (Lipinski definition) is 1. The van der Waals surface area contributed by atoms with Gasteiger partial charge in [-0.2, -0.15) is 10.4 Å². The first-order valence-electron chi connectivity index (χ1n) is 8.53. The van der Waals surface area contributed by atoms with Crippen molar-refractivity contribution in [1.82, 2.24) is 15.1 Å². The van der Waals surface area contributed by atoms with E-state index in [-0.39, 0.29) is 18.2 Å². The molecular weight excluding hydrogens is 324 g/mol. The summed E-state index contributed by atoms with van der Waals surface area (Å²) in [6.07, 6.45) is 2.13. The van der Waals surface area contributed by atoms with Crippen molar-refractivity contribution in [2.45, 2.75) is 19.9 Å². The molecule has 26 heavy (non-hydrogen) atoms. The molecule has 3 aromatic rings. The van der Waals surface area contributed by atoms with Gasteiger partial charge in [0.1, 0.15) is 0 Å². The third-order valence-electron chi connectivity index (χ3n) is 4.05. The molecule has 0 saturated carbocycles. The van der Waals surface area contributed by atoms with Crippen LogP contribution in [0.25, 0.3) is 16.9 Å². The van der Waals surface area contributed by atoms with E-state index >= 15 is 0 Å². The molecule has 1 unspecified atom stereocenters. The fourth-order valence-electron chi connectivity index (χ4n) is 2.68. The predicted octanol–water partition coefficient (Wildman–Crippen LogP) is 3.71. The molecule has 0 radical (unpaired) electrons. The van der Waals surface area contributed by atoms with Crippen LogP contribution in [0.1, 0.15) is 18.9 Å². The van der Waals surface area contributed by atoms with Gasteiger partial charge in [-0.3, -0.25) is 4.79 Å². The highest BCUT2D eigenvalue weighted by atomic mass is 16.1. The number of nitrogens with zero attached hydrogens (tertiary/aromatic N) is 3. The van der Waals surface area contributed by atoms with Crippen LogP contribution in [-0.4, -0.2) is 15.7 Å². The Morgan fingerprint density at radius 1 is 1.15 bits per heavy atom. The molecule has 2 aromatic carbocycles. The lowest BCUT2D eigenvalue weighted by molar-refractivity contribution is -0.121. The van der Waals surface area contributed by atoms with E-state index in [1.807, 2.05) is 71.5 Å². The Labute approximate surface area is 152 Å². The minimum Gasteiger partial charge on any atom is -0.352 e. The summed E-state index contributed by atoms with van der Waals surface area (Å²) < 4.78 is 1.82. The number of amides is 1. The maximum Gasteiger partial charge on any atom is 0.221 e. The molecule has 5 heteroatoms. The first-order valence-corrected chi connectivity index (χ1v) is 8.53. The van der Waals surface area contributed by atoms with Crippen molar-refractivity contribution in [2.75, 3.05) is 0 Å². The van der Waals surface area contributed by atoms with Gasteiger partial charge >= 0.3 is 0 Å². The fourth-order valence-corrected chi connectivity index (χ4v) is 2.68. The van der Waals surface area contributed by atoms with Crippen molar-refractivity contribution < 1.29 is 4.79 Å². The quantitative estimate of drug-likeness (QED) is 0.741. The van der Waals surface area contributed by atoms with Gasteiger partial charge in [0.05, 0.1) is 23.4 Å². The number of nitriles is 1. The Kier molecular flexibility index (Phi) is 5.45. The van der Waals surface area contributed by atoms with Crippen molar-refractivity contribution in [3.05, 3.63) is 72.4 Å². The molecule has 5 nitrogen and oxygen atoms in total. The molecule has 0 bridgehead atoms. The van der Waals surface area contributed by atoms with Crippen LogP contribution in [0.4, 0.5) is 0 Å². The summed E-state index contributed by atoms with van der Waals surface area (Å²) >= 11 is 0. The number of benzene rings is 2. The lowest BCUT2D eigenvalue weighted by atomic mass is 10.1. The Morgan fingerprint density at radius 3 is 2.46 bits per heavy atom. The molecule has 0 aliphatic heterocycles. The second-order valence-corrected chi connectivity index (χ2v) is 6.16. The molecule has 0 aliphatic carbocycles. The van der Waals surface area contributed by atoms with Gasteiger partial charge in [-0.05, 0) is 19.1 Å². The maximum atomic E-state index is 12.0. The number of carbonyl (C=O) groups excluding carboxylic acids is 1. The van der Waals surface area contributed by atoms with E-state index in [2.05, 4.69) is 11.4 Å². The summed E-state index contributed by atoms with van der Waals surface area (Å²) in [5, 5.41) is 16.5. The highest BCUT2D eigenvalue weighted by Crippen LogP contribution is 2.23. The number of para-hydroxylation sites is 1. The van der Waals surface area contributed by atoms with Crippen molar-refractivity contribution in [3.8, 4) is 23.0 Å². The number of carbonyl (C=O) groups is 1. The smallest absolute Gasteiger partial charge is 0.221 e. The van der Waals surface area contributed by atoms with Crippen LogP contribution >= 0.6 is 0 Å². The van der Waals surface area contributed by atoms with Gasteiger partial charge in [0.25, 0.3) is 0 Å². The van der Waals surface area contributed by atoms with Gasteiger partial charge in [0, 0.05) is 30.3 Å². The van der Waals surface area contributed by atoms with Crippen molar-refractivity contribution >= 4 is 5.91 Å². The summed E-state index contributed by atoms with van der Waals surface area (Å²) in [5.41, 5.74) is 3.72. The minimum atomic E-state index is -0.296. The molecular formula is C21H20N4O. The van der Waals surface area contributed by atoms with Gasteiger partial charge in [-0.15, -0.1) is 0 Å².